The Morgan fingerprint density at radius 3 is 2.25 bits per heavy atom. The van der Waals surface area contributed by atoms with E-state index in [1.165, 1.54) is 18.8 Å². The Morgan fingerprint density at radius 2 is 1.69 bits per heavy atom. The highest BCUT2D eigenvalue weighted by molar-refractivity contribution is 7.93. The summed E-state index contributed by atoms with van der Waals surface area (Å²) in [5.41, 5.74) is 2.23. The lowest BCUT2D eigenvalue weighted by molar-refractivity contribution is 0.391. The topological polar surface area (TPSA) is 139 Å². The molecule has 36 heavy (non-hydrogen) atoms. The number of anilines is 1. The zero-order valence-electron chi connectivity index (χ0n) is 20.9. The van der Waals surface area contributed by atoms with E-state index >= 15 is 0 Å². The molecule has 0 amide bonds. The first-order chi connectivity index (χ1) is 17.2. The van der Waals surface area contributed by atoms with Crippen LogP contribution < -0.4 is 14.2 Å². The summed E-state index contributed by atoms with van der Waals surface area (Å²) in [7, 11) is 0.846. The number of nitrogens with one attached hydrogen (secondary N) is 1. The van der Waals surface area contributed by atoms with Crippen LogP contribution in [0.15, 0.2) is 42.9 Å². The number of methoxy groups -OCH3 is 2. The second kappa shape index (κ2) is 9.93. The van der Waals surface area contributed by atoms with Gasteiger partial charge in [0, 0.05) is 31.6 Å². The zero-order valence-corrected chi connectivity index (χ0v) is 21.7. The van der Waals surface area contributed by atoms with Gasteiger partial charge in [0.05, 0.1) is 30.9 Å². The van der Waals surface area contributed by atoms with E-state index in [2.05, 4.69) is 30.0 Å². The fraction of sp³-hybridized carbons (Fsp3) is 0.348. The number of aromatic nitrogens is 7. The van der Waals surface area contributed by atoms with Crippen LogP contribution in [-0.2, 0) is 17.1 Å². The molecule has 12 nitrogen and oxygen atoms in total. The summed E-state index contributed by atoms with van der Waals surface area (Å²) in [6.45, 7) is 5.22. The van der Waals surface area contributed by atoms with Crippen molar-refractivity contribution >= 4 is 16.0 Å². The highest BCUT2D eigenvalue weighted by Gasteiger charge is 2.32. The van der Waals surface area contributed by atoms with Crippen LogP contribution in [0.1, 0.15) is 31.2 Å². The first-order valence-corrected chi connectivity index (χ1v) is 12.7. The third-order valence-electron chi connectivity index (χ3n) is 5.93. The summed E-state index contributed by atoms with van der Waals surface area (Å²) >= 11 is 0. The zero-order chi connectivity index (χ0) is 26.0. The molecule has 1 N–H and O–H groups in total. The molecule has 3 heterocycles. The van der Waals surface area contributed by atoms with Crippen LogP contribution >= 0.6 is 0 Å². The van der Waals surface area contributed by atoms with E-state index in [9.17, 15) is 8.42 Å². The van der Waals surface area contributed by atoms with Gasteiger partial charge < -0.3 is 9.47 Å². The molecule has 190 valence electrons. The second-order valence-electron chi connectivity index (χ2n) is 8.29. The number of ether oxygens (including phenoxy) is 2. The first kappa shape index (κ1) is 25.1. The van der Waals surface area contributed by atoms with Crippen molar-refractivity contribution < 1.29 is 17.9 Å². The van der Waals surface area contributed by atoms with Crippen molar-refractivity contribution in [2.75, 3.05) is 18.9 Å². The molecule has 0 aliphatic carbocycles. The Hall–Kier alpha value is -4.00. The first-order valence-electron chi connectivity index (χ1n) is 11.1. The standard InChI is InChI=1S/C23H28N8O4S/c1-14-12-25-18(13-24-14)15(2)16(3)36(32,33)29-23-27-26-22(17-10-11-30(4)28-17)31(23)21-19(34-5)8-7-9-20(21)35-6/h7-13,15-16H,1-6H3,(H,27,29)/t15-,16-/m1/s1. The third-order valence-corrected chi connectivity index (χ3v) is 7.78. The molecule has 4 aromatic rings. The number of benzene rings is 1. The average Bonchev–Trinajstić information content (AvgIpc) is 3.48. The fourth-order valence-electron chi connectivity index (χ4n) is 3.68. The van der Waals surface area contributed by atoms with Crippen LogP contribution in [0, 0.1) is 6.92 Å². The molecule has 0 spiro atoms. The fourth-order valence-corrected chi connectivity index (χ4v) is 4.93. The number of sulfonamides is 1. The highest BCUT2D eigenvalue weighted by Crippen LogP contribution is 2.37. The molecular weight excluding hydrogens is 484 g/mol. The van der Waals surface area contributed by atoms with Crippen LogP contribution in [0.4, 0.5) is 5.95 Å². The Morgan fingerprint density at radius 1 is 1.00 bits per heavy atom. The van der Waals surface area contributed by atoms with E-state index in [-0.39, 0.29) is 5.95 Å². The molecule has 0 aliphatic rings. The van der Waals surface area contributed by atoms with Crippen molar-refractivity contribution in [3.8, 4) is 28.7 Å². The monoisotopic (exact) mass is 512 g/mol. The van der Waals surface area contributed by atoms with Crippen molar-refractivity contribution in [1.29, 1.82) is 0 Å². The predicted octanol–water partition coefficient (Wildman–Crippen LogP) is 2.72. The van der Waals surface area contributed by atoms with E-state index < -0.39 is 21.2 Å². The molecule has 0 bridgehead atoms. The van der Waals surface area contributed by atoms with Crippen molar-refractivity contribution in [1.82, 2.24) is 34.5 Å². The van der Waals surface area contributed by atoms with Crippen LogP contribution in [0.3, 0.4) is 0 Å². The lowest BCUT2D eigenvalue weighted by atomic mass is 10.1. The number of para-hydroxylation sites is 1. The van der Waals surface area contributed by atoms with Gasteiger partial charge in [0.1, 0.15) is 22.9 Å². The van der Waals surface area contributed by atoms with Crippen molar-refractivity contribution in [2.24, 2.45) is 7.05 Å². The quantitative estimate of drug-likeness (QED) is 0.358. The minimum atomic E-state index is -3.95. The predicted molar refractivity (Wildman–Crippen MR) is 134 cm³/mol. The smallest absolute Gasteiger partial charge is 0.243 e. The van der Waals surface area contributed by atoms with E-state index in [4.69, 9.17) is 9.47 Å². The summed E-state index contributed by atoms with van der Waals surface area (Å²) < 4.78 is 43.9. The molecule has 2 atom stereocenters. The Kier molecular flexibility index (Phi) is 6.93. The molecule has 4 rings (SSSR count). The normalized spacial score (nSPS) is 13.3. The van der Waals surface area contributed by atoms with Gasteiger partial charge in [-0.25, -0.2) is 8.42 Å². The molecule has 0 aliphatic heterocycles. The van der Waals surface area contributed by atoms with Gasteiger partial charge in [-0.3, -0.25) is 23.9 Å². The van der Waals surface area contributed by atoms with E-state index in [1.54, 1.807) is 68.4 Å². The molecule has 0 saturated heterocycles. The summed E-state index contributed by atoms with van der Waals surface area (Å²) in [6.07, 6.45) is 4.96. The van der Waals surface area contributed by atoms with E-state index in [0.717, 1.165) is 5.69 Å². The molecule has 0 radical (unpaired) electrons. The van der Waals surface area contributed by atoms with Gasteiger partial charge >= 0.3 is 0 Å². The molecule has 0 saturated carbocycles. The van der Waals surface area contributed by atoms with Crippen molar-refractivity contribution in [2.45, 2.75) is 31.9 Å². The van der Waals surface area contributed by atoms with Crippen LogP contribution in [0.25, 0.3) is 17.2 Å². The van der Waals surface area contributed by atoms with E-state index in [1.807, 2.05) is 6.92 Å². The molecule has 0 fully saturated rings. The maximum atomic E-state index is 13.5. The Balaban J connectivity index is 1.81. The van der Waals surface area contributed by atoms with Gasteiger partial charge in [-0.2, -0.15) is 5.10 Å². The molecule has 1 aromatic carbocycles. The maximum Gasteiger partial charge on any atom is 0.243 e. The van der Waals surface area contributed by atoms with Crippen LogP contribution in [-0.4, -0.2) is 62.4 Å². The Labute approximate surface area is 209 Å². The lowest BCUT2D eigenvalue weighted by Gasteiger charge is -2.21. The molecule has 0 unspecified atom stereocenters. The molecule has 13 heteroatoms. The van der Waals surface area contributed by atoms with Crippen LogP contribution in [0.2, 0.25) is 0 Å². The number of rotatable bonds is 9. The van der Waals surface area contributed by atoms with Crippen molar-refractivity contribution in [3.05, 3.63) is 54.2 Å². The molecule has 3 aromatic heterocycles. The number of hydrogen-bond donors (Lipinski definition) is 1. The van der Waals surface area contributed by atoms with E-state index in [0.29, 0.717) is 34.4 Å². The minimum absolute atomic E-state index is 0.0347. The van der Waals surface area contributed by atoms with Gasteiger partial charge in [-0.1, -0.05) is 13.0 Å². The summed E-state index contributed by atoms with van der Waals surface area (Å²) in [5.74, 6) is 0.697. The van der Waals surface area contributed by atoms with Gasteiger partial charge in [-0.05, 0) is 32.0 Å². The van der Waals surface area contributed by atoms with Gasteiger partial charge in [0.15, 0.2) is 5.82 Å². The Bertz CT molecular complexity index is 1440. The summed E-state index contributed by atoms with van der Waals surface area (Å²) in [4.78, 5) is 8.58. The highest BCUT2D eigenvalue weighted by atomic mass is 32.2. The lowest BCUT2D eigenvalue weighted by Crippen LogP contribution is -2.31. The largest absolute Gasteiger partial charge is 0.494 e. The molecular formula is C23H28N8O4S. The third kappa shape index (κ3) is 4.73. The minimum Gasteiger partial charge on any atom is -0.494 e. The second-order valence-corrected chi connectivity index (χ2v) is 10.3. The van der Waals surface area contributed by atoms with Crippen molar-refractivity contribution in [3.63, 3.8) is 0 Å². The van der Waals surface area contributed by atoms with Gasteiger partial charge in [0.25, 0.3) is 0 Å². The SMILES string of the molecule is COc1cccc(OC)c1-n1c(NS(=O)(=O)[C@H](C)[C@@H](C)c2cnc(C)cn2)nnc1-c1ccn(C)n1. The summed E-state index contributed by atoms with van der Waals surface area (Å²) in [6, 6.07) is 6.99. The maximum absolute atomic E-state index is 13.5. The number of nitrogens with zero attached hydrogens (tertiary/aromatic N) is 7. The summed E-state index contributed by atoms with van der Waals surface area (Å²) in [5, 5.41) is 12.0. The number of aryl methyl sites for hydroxylation is 2. The van der Waals surface area contributed by atoms with Crippen LogP contribution in [0.5, 0.6) is 11.5 Å². The van der Waals surface area contributed by atoms with Gasteiger partial charge in [-0.15, -0.1) is 10.2 Å². The average molecular weight is 513 g/mol. The van der Waals surface area contributed by atoms with Gasteiger partial charge in [0.2, 0.25) is 16.0 Å². The number of hydrogen-bond acceptors (Lipinski definition) is 9.